The Bertz CT molecular complexity index is 947. The van der Waals surface area contributed by atoms with E-state index in [1.54, 1.807) is 32.4 Å². The lowest BCUT2D eigenvalue weighted by atomic mass is 9.96. The van der Waals surface area contributed by atoms with E-state index in [-0.39, 0.29) is 5.91 Å². The van der Waals surface area contributed by atoms with Crippen molar-refractivity contribution in [3.05, 3.63) is 45.8 Å². The van der Waals surface area contributed by atoms with Gasteiger partial charge in [-0.15, -0.1) is 11.3 Å². The Hall–Kier alpha value is -2.80. The summed E-state index contributed by atoms with van der Waals surface area (Å²) >= 11 is 1.49. The smallest absolute Gasteiger partial charge is 0.341 e. The highest BCUT2D eigenvalue weighted by molar-refractivity contribution is 7.17. The summed E-state index contributed by atoms with van der Waals surface area (Å²) in [4.78, 5) is 26.2. The minimum absolute atomic E-state index is 0.302. The van der Waals surface area contributed by atoms with E-state index in [1.807, 2.05) is 6.07 Å². The van der Waals surface area contributed by atoms with Gasteiger partial charge in [-0.2, -0.15) is 0 Å². The average molecular weight is 430 g/mol. The number of benzene rings is 1. The van der Waals surface area contributed by atoms with Gasteiger partial charge >= 0.3 is 5.97 Å². The van der Waals surface area contributed by atoms with E-state index in [1.165, 1.54) is 35.8 Å². The highest BCUT2D eigenvalue weighted by Gasteiger charge is 2.25. The molecule has 1 aliphatic rings. The second-order valence-corrected chi connectivity index (χ2v) is 8.16. The van der Waals surface area contributed by atoms with E-state index >= 15 is 0 Å². The molecule has 0 bridgehead atoms. The van der Waals surface area contributed by atoms with Crippen molar-refractivity contribution < 1.29 is 23.8 Å². The Kier molecular flexibility index (Phi) is 7.52. The van der Waals surface area contributed by atoms with Crippen LogP contribution in [0.1, 0.15) is 52.0 Å². The zero-order valence-electron chi connectivity index (χ0n) is 17.6. The van der Waals surface area contributed by atoms with Crippen molar-refractivity contribution in [3.63, 3.8) is 0 Å². The molecule has 1 aromatic heterocycles. The number of rotatable bonds is 6. The SMILES string of the molecule is COC(=O)c1c(NC(=O)C=Cc2ccc(OC)c(OC)c2)sc2c1CCCCCC2. The van der Waals surface area contributed by atoms with Gasteiger partial charge in [0.2, 0.25) is 5.91 Å². The molecule has 0 fully saturated rings. The van der Waals surface area contributed by atoms with Crippen LogP contribution in [0.2, 0.25) is 0 Å². The Balaban J connectivity index is 1.81. The minimum Gasteiger partial charge on any atom is -0.493 e. The summed E-state index contributed by atoms with van der Waals surface area (Å²) in [5, 5.41) is 3.45. The molecule has 0 aliphatic heterocycles. The molecule has 30 heavy (non-hydrogen) atoms. The molecule has 0 unspecified atom stereocenters. The number of anilines is 1. The number of fused-ring (bicyclic) bond motifs is 1. The normalized spacial score (nSPS) is 13.8. The van der Waals surface area contributed by atoms with E-state index < -0.39 is 5.97 Å². The second kappa shape index (κ2) is 10.3. The summed E-state index contributed by atoms with van der Waals surface area (Å²) in [6.45, 7) is 0. The van der Waals surface area contributed by atoms with Crippen molar-refractivity contribution in [2.24, 2.45) is 0 Å². The van der Waals surface area contributed by atoms with E-state index in [2.05, 4.69) is 5.32 Å². The third-order valence-corrected chi connectivity index (χ3v) is 6.34. The Labute approximate surface area is 180 Å². The first-order chi connectivity index (χ1) is 14.6. The molecule has 6 nitrogen and oxygen atoms in total. The highest BCUT2D eigenvalue weighted by Crippen LogP contribution is 2.37. The largest absolute Gasteiger partial charge is 0.493 e. The van der Waals surface area contributed by atoms with Gasteiger partial charge in [0, 0.05) is 11.0 Å². The number of ether oxygens (including phenoxy) is 3. The molecule has 2 aromatic rings. The summed E-state index contributed by atoms with van der Waals surface area (Å²) in [5.74, 6) is 0.514. The molecular formula is C23H27NO5S. The number of carbonyl (C=O) groups excluding carboxylic acids is 2. The molecular weight excluding hydrogens is 402 g/mol. The fourth-order valence-corrected chi connectivity index (χ4v) is 4.89. The maximum Gasteiger partial charge on any atom is 0.341 e. The standard InChI is InChI=1S/C23H27NO5S/c1-27-17-12-10-15(14-18(17)28-2)11-13-20(25)24-22-21(23(26)29-3)16-8-6-4-5-7-9-19(16)30-22/h10-14H,4-9H2,1-3H3,(H,24,25). The van der Waals surface area contributed by atoms with Crippen LogP contribution in [-0.2, 0) is 22.4 Å². The van der Waals surface area contributed by atoms with Gasteiger partial charge in [0.25, 0.3) is 0 Å². The van der Waals surface area contributed by atoms with Gasteiger partial charge in [-0.1, -0.05) is 18.9 Å². The van der Waals surface area contributed by atoms with Gasteiger partial charge in [0.15, 0.2) is 11.5 Å². The molecule has 1 aromatic carbocycles. The summed E-state index contributed by atoms with van der Waals surface area (Å²) in [6, 6.07) is 5.41. The van der Waals surface area contributed by atoms with Gasteiger partial charge in [0.1, 0.15) is 5.00 Å². The number of nitrogens with one attached hydrogen (secondary N) is 1. The predicted octanol–water partition coefficient (Wildman–Crippen LogP) is 4.86. The van der Waals surface area contributed by atoms with Crippen molar-refractivity contribution in [1.29, 1.82) is 0 Å². The molecule has 1 heterocycles. The van der Waals surface area contributed by atoms with E-state index in [0.717, 1.165) is 43.2 Å². The maximum atomic E-state index is 12.6. The van der Waals surface area contributed by atoms with Crippen LogP contribution in [0.15, 0.2) is 24.3 Å². The van der Waals surface area contributed by atoms with Crippen LogP contribution in [0.3, 0.4) is 0 Å². The number of thiophene rings is 1. The van der Waals surface area contributed by atoms with Gasteiger partial charge in [-0.05, 0) is 55.0 Å². The highest BCUT2D eigenvalue weighted by atomic mass is 32.1. The molecule has 1 amide bonds. The molecule has 160 valence electrons. The zero-order valence-corrected chi connectivity index (χ0v) is 18.4. The number of aryl methyl sites for hydroxylation is 1. The summed E-state index contributed by atoms with van der Waals surface area (Å²) in [5.41, 5.74) is 2.34. The van der Waals surface area contributed by atoms with Gasteiger partial charge in [0.05, 0.1) is 26.9 Å². The van der Waals surface area contributed by atoms with Crippen molar-refractivity contribution >= 4 is 34.3 Å². The average Bonchev–Trinajstić information content (AvgIpc) is 3.07. The lowest BCUT2D eigenvalue weighted by molar-refractivity contribution is -0.111. The summed E-state index contributed by atoms with van der Waals surface area (Å²) < 4.78 is 15.5. The fourth-order valence-electron chi connectivity index (χ4n) is 3.61. The number of hydrogen-bond donors (Lipinski definition) is 1. The van der Waals surface area contributed by atoms with Crippen molar-refractivity contribution in [1.82, 2.24) is 0 Å². The topological polar surface area (TPSA) is 73.9 Å². The number of hydrogen-bond acceptors (Lipinski definition) is 6. The van der Waals surface area contributed by atoms with Crippen molar-refractivity contribution in [2.45, 2.75) is 38.5 Å². The Morgan fingerprint density at radius 1 is 1.00 bits per heavy atom. The molecule has 1 aliphatic carbocycles. The van der Waals surface area contributed by atoms with Crippen molar-refractivity contribution in [3.8, 4) is 11.5 Å². The maximum absolute atomic E-state index is 12.6. The molecule has 0 atom stereocenters. The summed E-state index contributed by atoms with van der Waals surface area (Å²) in [7, 11) is 4.51. The number of carbonyl (C=O) groups is 2. The third-order valence-electron chi connectivity index (χ3n) is 5.13. The van der Waals surface area contributed by atoms with Gasteiger partial charge in [-0.25, -0.2) is 4.79 Å². The van der Waals surface area contributed by atoms with Gasteiger partial charge < -0.3 is 19.5 Å². The summed E-state index contributed by atoms with van der Waals surface area (Å²) in [6.07, 6.45) is 9.40. The molecule has 1 N–H and O–H groups in total. The number of methoxy groups -OCH3 is 3. The number of amides is 1. The van der Waals surface area contributed by atoms with Crippen LogP contribution in [0, 0.1) is 0 Å². The van der Waals surface area contributed by atoms with Crippen LogP contribution in [0.5, 0.6) is 11.5 Å². The second-order valence-electron chi connectivity index (χ2n) is 7.05. The quantitative estimate of drug-likeness (QED) is 0.524. The van der Waals surface area contributed by atoms with Crippen LogP contribution in [-0.4, -0.2) is 33.2 Å². The lowest BCUT2D eigenvalue weighted by Gasteiger charge is -2.10. The van der Waals surface area contributed by atoms with Gasteiger partial charge in [-0.3, -0.25) is 4.79 Å². The molecule has 0 spiro atoms. The Morgan fingerprint density at radius 3 is 2.43 bits per heavy atom. The predicted molar refractivity (Wildman–Crippen MR) is 119 cm³/mol. The van der Waals surface area contributed by atoms with E-state index in [9.17, 15) is 9.59 Å². The molecule has 0 saturated heterocycles. The van der Waals surface area contributed by atoms with Crippen LogP contribution in [0.25, 0.3) is 6.08 Å². The van der Waals surface area contributed by atoms with Crippen LogP contribution < -0.4 is 14.8 Å². The van der Waals surface area contributed by atoms with Crippen LogP contribution in [0.4, 0.5) is 5.00 Å². The molecule has 3 rings (SSSR count). The molecule has 0 radical (unpaired) electrons. The Morgan fingerprint density at radius 2 is 1.73 bits per heavy atom. The zero-order chi connectivity index (χ0) is 21.5. The van der Waals surface area contributed by atoms with E-state index in [4.69, 9.17) is 14.2 Å². The first-order valence-electron chi connectivity index (χ1n) is 10.0. The molecule has 0 saturated carbocycles. The monoisotopic (exact) mass is 429 g/mol. The lowest BCUT2D eigenvalue weighted by Crippen LogP contribution is -2.12. The fraction of sp³-hybridized carbons (Fsp3) is 0.391. The van der Waals surface area contributed by atoms with E-state index in [0.29, 0.717) is 22.1 Å². The minimum atomic E-state index is -0.396. The van der Waals surface area contributed by atoms with Crippen molar-refractivity contribution in [2.75, 3.05) is 26.6 Å². The first-order valence-corrected chi connectivity index (χ1v) is 10.8. The van der Waals surface area contributed by atoms with Crippen LogP contribution >= 0.6 is 11.3 Å². The third kappa shape index (κ3) is 5.02. The first kappa shape index (κ1) is 21.9. The number of esters is 1. The molecule has 7 heteroatoms.